The van der Waals surface area contributed by atoms with Crippen LogP contribution in [0, 0.1) is 17.0 Å². The van der Waals surface area contributed by atoms with Gasteiger partial charge < -0.3 is 5.32 Å². The first kappa shape index (κ1) is 12.0. The Kier molecular flexibility index (Phi) is 3.18. The highest BCUT2D eigenvalue weighted by molar-refractivity contribution is 5.67. The Hall–Kier alpha value is -2.50. The molecule has 0 spiro atoms. The lowest BCUT2D eigenvalue weighted by atomic mass is 10.1. The van der Waals surface area contributed by atoms with Gasteiger partial charge in [-0.1, -0.05) is 0 Å². The minimum atomic E-state index is -0.428. The summed E-state index contributed by atoms with van der Waals surface area (Å²) in [7, 11) is 1.68. The molecule has 0 unspecified atom stereocenters. The Morgan fingerprint density at radius 3 is 2.78 bits per heavy atom. The number of nitro groups is 1. The van der Waals surface area contributed by atoms with Gasteiger partial charge in [0.15, 0.2) is 0 Å². The molecule has 0 saturated heterocycles. The first-order valence-electron chi connectivity index (χ1n) is 5.37. The van der Waals surface area contributed by atoms with Gasteiger partial charge in [-0.2, -0.15) is 0 Å². The van der Waals surface area contributed by atoms with E-state index in [1.54, 1.807) is 25.5 Å². The van der Waals surface area contributed by atoms with Gasteiger partial charge in [-0.05, 0) is 18.6 Å². The minimum Gasteiger partial charge on any atom is -0.373 e. The molecule has 0 aliphatic carbocycles. The van der Waals surface area contributed by atoms with Crippen LogP contribution in [0.15, 0.2) is 30.6 Å². The highest BCUT2D eigenvalue weighted by Crippen LogP contribution is 2.26. The standard InChI is InChI=1S/C12H12N4O2/c1-8-7-14-4-3-10(8)11-5-9(16(17)18)6-12(13-2)15-11/h3-7H,1-2H3,(H,13,15). The van der Waals surface area contributed by atoms with E-state index in [0.29, 0.717) is 11.5 Å². The third-order valence-electron chi connectivity index (χ3n) is 2.57. The van der Waals surface area contributed by atoms with Gasteiger partial charge in [0.1, 0.15) is 5.82 Å². The SMILES string of the molecule is CNc1cc([N+](=O)[O-])cc(-c2ccncc2C)n1. The summed E-state index contributed by atoms with van der Waals surface area (Å²) in [5.74, 6) is 0.468. The molecule has 2 rings (SSSR count). The van der Waals surface area contributed by atoms with E-state index in [1.807, 2.05) is 6.92 Å². The van der Waals surface area contributed by atoms with Crippen LogP contribution in [0.3, 0.4) is 0 Å². The second kappa shape index (κ2) is 4.79. The Bertz CT molecular complexity index is 598. The summed E-state index contributed by atoms with van der Waals surface area (Å²) < 4.78 is 0. The van der Waals surface area contributed by atoms with Crippen molar-refractivity contribution in [1.29, 1.82) is 0 Å². The van der Waals surface area contributed by atoms with Crippen LogP contribution in [-0.2, 0) is 0 Å². The number of nitrogens with one attached hydrogen (secondary N) is 1. The number of rotatable bonds is 3. The largest absolute Gasteiger partial charge is 0.373 e. The molecule has 92 valence electrons. The van der Waals surface area contributed by atoms with Gasteiger partial charge in [-0.25, -0.2) is 4.98 Å². The van der Waals surface area contributed by atoms with Crippen molar-refractivity contribution < 1.29 is 4.92 Å². The predicted octanol–water partition coefficient (Wildman–Crippen LogP) is 2.40. The Morgan fingerprint density at radius 2 is 2.17 bits per heavy atom. The maximum Gasteiger partial charge on any atom is 0.275 e. The summed E-state index contributed by atoms with van der Waals surface area (Å²) >= 11 is 0. The normalized spacial score (nSPS) is 10.1. The van der Waals surface area contributed by atoms with E-state index in [2.05, 4.69) is 15.3 Å². The van der Waals surface area contributed by atoms with E-state index in [1.165, 1.54) is 12.1 Å². The lowest BCUT2D eigenvalue weighted by Crippen LogP contribution is -1.98. The molecular formula is C12H12N4O2. The molecule has 6 nitrogen and oxygen atoms in total. The number of hydrogen-bond donors (Lipinski definition) is 1. The molecule has 2 heterocycles. The number of anilines is 1. The molecule has 0 saturated carbocycles. The van der Waals surface area contributed by atoms with E-state index in [-0.39, 0.29) is 5.69 Å². The maximum absolute atomic E-state index is 10.9. The quantitative estimate of drug-likeness (QED) is 0.662. The zero-order valence-electron chi connectivity index (χ0n) is 10.0. The van der Waals surface area contributed by atoms with Crippen LogP contribution in [0.2, 0.25) is 0 Å². The van der Waals surface area contributed by atoms with E-state index in [4.69, 9.17) is 0 Å². The molecule has 0 aliphatic rings. The van der Waals surface area contributed by atoms with Crippen molar-refractivity contribution in [3.05, 3.63) is 46.3 Å². The molecule has 18 heavy (non-hydrogen) atoms. The zero-order valence-corrected chi connectivity index (χ0v) is 10.0. The topological polar surface area (TPSA) is 81.0 Å². The summed E-state index contributed by atoms with van der Waals surface area (Å²) in [5.41, 5.74) is 2.34. The lowest BCUT2D eigenvalue weighted by molar-refractivity contribution is -0.384. The zero-order chi connectivity index (χ0) is 13.1. The third kappa shape index (κ3) is 2.27. The van der Waals surface area contributed by atoms with Crippen LogP contribution in [-0.4, -0.2) is 21.9 Å². The molecule has 2 aromatic heterocycles. The number of pyridine rings is 2. The Labute approximate surface area is 104 Å². The van der Waals surface area contributed by atoms with Crippen LogP contribution in [0.5, 0.6) is 0 Å². The number of nitrogens with zero attached hydrogens (tertiary/aromatic N) is 3. The van der Waals surface area contributed by atoms with Crippen molar-refractivity contribution in [3.63, 3.8) is 0 Å². The van der Waals surface area contributed by atoms with E-state index >= 15 is 0 Å². The lowest BCUT2D eigenvalue weighted by Gasteiger charge is -2.06. The van der Waals surface area contributed by atoms with Gasteiger partial charge >= 0.3 is 0 Å². The van der Waals surface area contributed by atoms with Crippen LogP contribution >= 0.6 is 0 Å². The van der Waals surface area contributed by atoms with Crippen molar-refractivity contribution in [1.82, 2.24) is 9.97 Å². The van der Waals surface area contributed by atoms with Crippen molar-refractivity contribution in [2.45, 2.75) is 6.92 Å². The summed E-state index contributed by atoms with van der Waals surface area (Å²) in [6, 6.07) is 4.66. The van der Waals surface area contributed by atoms with Crippen molar-refractivity contribution in [2.24, 2.45) is 0 Å². The fraction of sp³-hybridized carbons (Fsp3) is 0.167. The Morgan fingerprint density at radius 1 is 1.39 bits per heavy atom. The molecule has 2 aromatic rings. The molecule has 0 aromatic carbocycles. The number of aromatic nitrogens is 2. The molecule has 0 fully saturated rings. The van der Waals surface area contributed by atoms with Gasteiger partial charge in [0.05, 0.1) is 16.7 Å². The molecule has 0 radical (unpaired) electrons. The smallest absolute Gasteiger partial charge is 0.275 e. The third-order valence-corrected chi connectivity index (χ3v) is 2.57. The Balaban J connectivity index is 2.60. The van der Waals surface area contributed by atoms with E-state index in [9.17, 15) is 10.1 Å². The van der Waals surface area contributed by atoms with Crippen molar-refractivity contribution >= 4 is 11.5 Å². The van der Waals surface area contributed by atoms with Crippen LogP contribution in [0.1, 0.15) is 5.56 Å². The van der Waals surface area contributed by atoms with Gasteiger partial charge in [0.25, 0.3) is 5.69 Å². The predicted molar refractivity (Wildman–Crippen MR) is 68.4 cm³/mol. The highest BCUT2D eigenvalue weighted by atomic mass is 16.6. The summed E-state index contributed by atoms with van der Waals surface area (Å²) in [4.78, 5) is 18.8. The summed E-state index contributed by atoms with van der Waals surface area (Å²) in [6.07, 6.45) is 3.34. The first-order valence-corrected chi connectivity index (χ1v) is 5.37. The summed E-state index contributed by atoms with van der Waals surface area (Å²) in [5, 5.41) is 13.7. The van der Waals surface area contributed by atoms with E-state index < -0.39 is 4.92 Å². The second-order valence-electron chi connectivity index (χ2n) is 3.79. The number of aryl methyl sites for hydroxylation is 1. The fourth-order valence-electron chi connectivity index (χ4n) is 1.65. The number of hydrogen-bond acceptors (Lipinski definition) is 5. The average Bonchev–Trinajstić information content (AvgIpc) is 2.38. The maximum atomic E-state index is 10.9. The monoisotopic (exact) mass is 244 g/mol. The fourth-order valence-corrected chi connectivity index (χ4v) is 1.65. The van der Waals surface area contributed by atoms with Crippen molar-refractivity contribution in [3.8, 4) is 11.3 Å². The molecule has 1 N–H and O–H groups in total. The molecular weight excluding hydrogens is 232 g/mol. The highest BCUT2D eigenvalue weighted by Gasteiger charge is 2.13. The van der Waals surface area contributed by atoms with E-state index in [0.717, 1.165) is 11.1 Å². The minimum absolute atomic E-state index is 0.0144. The van der Waals surface area contributed by atoms with Gasteiger partial charge in [0, 0.05) is 31.1 Å². The van der Waals surface area contributed by atoms with Crippen LogP contribution in [0.25, 0.3) is 11.3 Å². The van der Waals surface area contributed by atoms with Crippen molar-refractivity contribution in [2.75, 3.05) is 12.4 Å². The molecule has 0 aliphatic heterocycles. The van der Waals surface area contributed by atoms with Gasteiger partial charge in [-0.3, -0.25) is 15.1 Å². The first-order chi connectivity index (χ1) is 8.61. The van der Waals surface area contributed by atoms with Crippen LogP contribution in [0.4, 0.5) is 11.5 Å². The molecule has 0 amide bonds. The second-order valence-corrected chi connectivity index (χ2v) is 3.79. The van der Waals surface area contributed by atoms with Gasteiger partial charge in [0.2, 0.25) is 0 Å². The molecule has 6 heteroatoms. The molecule has 0 atom stereocenters. The average molecular weight is 244 g/mol. The van der Waals surface area contributed by atoms with Crippen LogP contribution < -0.4 is 5.32 Å². The molecule has 0 bridgehead atoms. The van der Waals surface area contributed by atoms with Gasteiger partial charge in [-0.15, -0.1) is 0 Å². The summed E-state index contributed by atoms with van der Waals surface area (Å²) in [6.45, 7) is 1.89.